The molecule has 13 heavy (non-hydrogen) atoms. The molecule has 0 aromatic carbocycles. The highest BCUT2D eigenvalue weighted by Crippen LogP contribution is 2.30. The van der Waals surface area contributed by atoms with Crippen molar-refractivity contribution in [2.24, 2.45) is 0 Å². The van der Waals surface area contributed by atoms with Crippen LogP contribution in [0.25, 0.3) is 0 Å². The quantitative estimate of drug-likeness (QED) is 0.560. The Kier molecular flexibility index (Phi) is 2.83. The lowest BCUT2D eigenvalue weighted by molar-refractivity contribution is 0.240. The van der Waals surface area contributed by atoms with Crippen LogP contribution in [0, 0.1) is 0 Å². The second-order valence-corrected chi connectivity index (χ2v) is 3.72. The number of aliphatic hydroxyl groups excluding tert-OH is 2. The summed E-state index contributed by atoms with van der Waals surface area (Å²) in [6, 6.07) is 0. The molecule has 0 aromatic heterocycles. The molecule has 0 aromatic rings. The molecule has 2 saturated heterocycles. The van der Waals surface area contributed by atoms with Gasteiger partial charge < -0.3 is 19.7 Å². The Morgan fingerprint density at radius 3 is 1.54 bits per heavy atom. The zero-order valence-electron chi connectivity index (χ0n) is 7.56. The van der Waals surface area contributed by atoms with Gasteiger partial charge in [-0.05, 0) is 19.3 Å². The molecule has 4 nitrogen and oxygen atoms in total. The predicted molar refractivity (Wildman–Crippen MR) is 45.3 cm³/mol. The molecule has 4 heteroatoms. The molecule has 76 valence electrons. The zero-order chi connectivity index (χ0) is 9.26. The summed E-state index contributed by atoms with van der Waals surface area (Å²) in [6.07, 6.45) is 3.80. The van der Waals surface area contributed by atoms with Crippen LogP contribution in [0.2, 0.25) is 0 Å². The van der Waals surface area contributed by atoms with Crippen LogP contribution in [0.4, 0.5) is 0 Å². The Labute approximate surface area is 77.5 Å². The van der Waals surface area contributed by atoms with E-state index in [1.165, 1.54) is 0 Å². The van der Waals surface area contributed by atoms with E-state index < -0.39 is 0 Å². The number of hydrogen-bond donors (Lipinski definition) is 2. The fourth-order valence-corrected chi connectivity index (χ4v) is 1.71. The van der Waals surface area contributed by atoms with Crippen molar-refractivity contribution in [3.8, 4) is 0 Å². The molecule has 4 atom stereocenters. The maximum atomic E-state index is 8.69. The zero-order valence-corrected chi connectivity index (χ0v) is 7.56. The summed E-state index contributed by atoms with van der Waals surface area (Å²) >= 11 is 0. The number of ether oxygens (including phenoxy) is 2. The average Bonchev–Trinajstić information content (AvgIpc) is 2.99. The van der Waals surface area contributed by atoms with E-state index in [9.17, 15) is 0 Å². The van der Waals surface area contributed by atoms with Gasteiger partial charge in [-0.15, -0.1) is 0 Å². The summed E-state index contributed by atoms with van der Waals surface area (Å²) in [4.78, 5) is 0. The van der Waals surface area contributed by atoms with Crippen molar-refractivity contribution in [3.05, 3.63) is 0 Å². The van der Waals surface area contributed by atoms with E-state index in [1.54, 1.807) is 0 Å². The van der Waals surface area contributed by atoms with E-state index in [2.05, 4.69) is 0 Å². The van der Waals surface area contributed by atoms with Gasteiger partial charge in [-0.3, -0.25) is 0 Å². The highest BCUT2D eigenvalue weighted by Gasteiger charge is 2.40. The van der Waals surface area contributed by atoms with Gasteiger partial charge in [0.25, 0.3) is 0 Å². The molecule has 0 amide bonds. The predicted octanol–water partition coefficient (Wildman–Crippen LogP) is -0.324. The van der Waals surface area contributed by atoms with Gasteiger partial charge in [-0.2, -0.15) is 0 Å². The molecule has 2 aliphatic rings. The first-order valence-corrected chi connectivity index (χ1v) is 4.87. The summed E-state index contributed by atoms with van der Waals surface area (Å²) in [5, 5.41) is 17.4. The van der Waals surface area contributed by atoms with Crippen molar-refractivity contribution in [1.29, 1.82) is 0 Å². The molecule has 0 radical (unpaired) electrons. The molecule has 0 saturated carbocycles. The third-order valence-corrected chi connectivity index (χ3v) is 2.71. The minimum absolute atomic E-state index is 0.0914. The van der Waals surface area contributed by atoms with Crippen molar-refractivity contribution in [1.82, 2.24) is 0 Å². The molecule has 2 fully saturated rings. The number of aliphatic hydroxyl groups is 2. The van der Waals surface area contributed by atoms with Crippen LogP contribution in [-0.2, 0) is 9.47 Å². The molecule has 2 N–H and O–H groups in total. The summed E-state index contributed by atoms with van der Waals surface area (Å²) in [6.45, 7) is 0.285. The average molecular weight is 188 g/mol. The first kappa shape index (κ1) is 9.40. The van der Waals surface area contributed by atoms with Crippen LogP contribution >= 0.6 is 0 Å². The lowest BCUT2D eigenvalue weighted by Crippen LogP contribution is -2.01. The van der Waals surface area contributed by atoms with E-state index in [0.717, 1.165) is 19.3 Å². The van der Waals surface area contributed by atoms with Crippen LogP contribution < -0.4 is 0 Å². The number of hydrogen-bond acceptors (Lipinski definition) is 4. The third-order valence-electron chi connectivity index (χ3n) is 2.71. The van der Waals surface area contributed by atoms with Crippen molar-refractivity contribution >= 4 is 0 Å². The highest BCUT2D eigenvalue weighted by atomic mass is 16.6. The van der Waals surface area contributed by atoms with Gasteiger partial charge >= 0.3 is 0 Å². The van der Waals surface area contributed by atoms with Gasteiger partial charge in [0, 0.05) is 0 Å². The third kappa shape index (κ3) is 2.40. The topological polar surface area (TPSA) is 65.5 Å². The first-order chi connectivity index (χ1) is 6.35. The normalized spacial score (nSPS) is 42.0. The number of rotatable bonds is 6. The highest BCUT2D eigenvalue weighted by molar-refractivity contribution is 4.87. The molecular weight excluding hydrogens is 172 g/mol. The van der Waals surface area contributed by atoms with Crippen molar-refractivity contribution in [2.45, 2.75) is 43.7 Å². The molecule has 0 bridgehead atoms. The second kappa shape index (κ2) is 3.92. The summed E-state index contributed by atoms with van der Waals surface area (Å²) in [5.41, 5.74) is 0. The maximum Gasteiger partial charge on any atom is 0.107 e. The molecule has 2 aliphatic heterocycles. The standard InChI is InChI=1S/C9H16O4/c10-4-8-6(12-8)2-1-3-7-9(5-11)13-7/h6-11H,1-5H2. The van der Waals surface area contributed by atoms with Gasteiger partial charge in [0.15, 0.2) is 0 Å². The van der Waals surface area contributed by atoms with Gasteiger partial charge in [0.05, 0.1) is 25.4 Å². The van der Waals surface area contributed by atoms with E-state index in [4.69, 9.17) is 19.7 Å². The smallest absolute Gasteiger partial charge is 0.107 e. The van der Waals surface area contributed by atoms with Crippen molar-refractivity contribution in [3.63, 3.8) is 0 Å². The fourth-order valence-electron chi connectivity index (χ4n) is 1.71. The molecule has 2 heterocycles. The van der Waals surface area contributed by atoms with Gasteiger partial charge in [0.2, 0.25) is 0 Å². The molecule has 4 unspecified atom stereocenters. The van der Waals surface area contributed by atoms with Crippen LogP contribution in [0.15, 0.2) is 0 Å². The van der Waals surface area contributed by atoms with Crippen molar-refractivity contribution < 1.29 is 19.7 Å². The summed E-state index contributed by atoms with van der Waals surface area (Å²) < 4.78 is 10.4. The van der Waals surface area contributed by atoms with Gasteiger partial charge in [-0.1, -0.05) is 0 Å². The first-order valence-electron chi connectivity index (χ1n) is 4.87. The van der Waals surface area contributed by atoms with Crippen LogP contribution in [-0.4, -0.2) is 47.8 Å². The Hall–Kier alpha value is -0.160. The molecule has 2 rings (SSSR count). The SMILES string of the molecule is OCC1OC1CCCC1OC1CO. The fraction of sp³-hybridized carbons (Fsp3) is 1.00. The molecular formula is C9H16O4. The lowest BCUT2D eigenvalue weighted by atomic mass is 10.1. The molecule has 0 spiro atoms. The van der Waals surface area contributed by atoms with Crippen LogP contribution in [0.3, 0.4) is 0 Å². The van der Waals surface area contributed by atoms with E-state index in [0.29, 0.717) is 0 Å². The van der Waals surface area contributed by atoms with E-state index in [-0.39, 0.29) is 37.6 Å². The van der Waals surface area contributed by atoms with Crippen molar-refractivity contribution in [2.75, 3.05) is 13.2 Å². The van der Waals surface area contributed by atoms with Gasteiger partial charge in [-0.25, -0.2) is 0 Å². The molecule has 0 aliphatic carbocycles. The minimum atomic E-state index is 0.0914. The Balaban J connectivity index is 1.47. The minimum Gasteiger partial charge on any atom is -0.394 e. The second-order valence-electron chi connectivity index (χ2n) is 3.72. The Morgan fingerprint density at radius 1 is 0.769 bits per heavy atom. The Morgan fingerprint density at radius 2 is 1.23 bits per heavy atom. The van der Waals surface area contributed by atoms with E-state index in [1.807, 2.05) is 0 Å². The summed E-state index contributed by atoms with van der Waals surface area (Å²) in [7, 11) is 0. The monoisotopic (exact) mass is 188 g/mol. The Bertz CT molecular complexity index is 155. The number of epoxide rings is 2. The maximum absolute atomic E-state index is 8.69. The summed E-state index contributed by atoms with van der Waals surface area (Å²) in [5.74, 6) is 0. The van der Waals surface area contributed by atoms with Crippen LogP contribution in [0.5, 0.6) is 0 Å². The van der Waals surface area contributed by atoms with Gasteiger partial charge in [0.1, 0.15) is 12.2 Å². The van der Waals surface area contributed by atoms with Crippen LogP contribution in [0.1, 0.15) is 19.3 Å². The van der Waals surface area contributed by atoms with E-state index >= 15 is 0 Å². The lowest BCUT2D eigenvalue weighted by Gasteiger charge is -1.93. The largest absolute Gasteiger partial charge is 0.394 e.